The molecule has 8 nitrogen and oxygen atoms in total. The zero-order chi connectivity index (χ0) is 29.5. The predicted octanol–water partition coefficient (Wildman–Crippen LogP) is 4.31. The van der Waals surface area contributed by atoms with Crippen molar-refractivity contribution in [2.75, 3.05) is 7.11 Å². The van der Waals surface area contributed by atoms with Gasteiger partial charge in [0.15, 0.2) is 30.5 Å². The molecule has 0 amide bonds. The van der Waals surface area contributed by atoms with E-state index in [0.29, 0.717) is 6.61 Å². The largest absolute Gasteiger partial charge is 0.834 e. The van der Waals surface area contributed by atoms with Gasteiger partial charge < -0.3 is 38.3 Å². The lowest BCUT2D eigenvalue weighted by Crippen LogP contribution is -2.64. The van der Waals surface area contributed by atoms with Gasteiger partial charge in [-0.25, -0.2) is 0 Å². The quantitative estimate of drug-likeness (QED) is 0.234. The van der Waals surface area contributed by atoms with E-state index in [4.69, 9.17) is 39.7 Å². The van der Waals surface area contributed by atoms with Crippen LogP contribution in [0.15, 0.2) is 96.8 Å². The highest BCUT2D eigenvalue weighted by atomic mass is 16.8. The molecule has 3 aromatic rings. The first-order valence-corrected chi connectivity index (χ1v) is 14.1. The highest BCUT2D eigenvalue weighted by Crippen LogP contribution is 2.39. The minimum atomic E-state index is -1.07. The number of methoxy groups -OCH3 is 1. The molecule has 8 heteroatoms. The van der Waals surface area contributed by atoms with Crippen molar-refractivity contribution in [3.8, 4) is 0 Å². The third-order valence-electron chi connectivity index (χ3n) is 7.35. The van der Waals surface area contributed by atoms with Gasteiger partial charge >= 0.3 is 0 Å². The molecule has 2 fully saturated rings. The number of ether oxygens (including phenoxy) is 7. The highest BCUT2D eigenvalue weighted by molar-refractivity contribution is 5.16. The monoisotopic (exact) mass is 574 g/mol. The molecule has 42 heavy (non-hydrogen) atoms. The van der Waals surface area contributed by atoms with E-state index in [1.54, 1.807) is 21.0 Å². The fourth-order valence-corrected chi connectivity index (χ4v) is 5.39. The van der Waals surface area contributed by atoms with Gasteiger partial charge in [-0.1, -0.05) is 91.0 Å². The SMILES string of the molecule is [CH+]=C([O-])C1OC(C)(C)O[C@H]1[C@H]1O[C@H](OC)[C@H](OCc2ccccc2)[C@@H](OCc2ccccc2)[C@@H]1OCc1ccccc1. The van der Waals surface area contributed by atoms with Gasteiger partial charge in [0.25, 0.3) is 0 Å². The summed E-state index contributed by atoms with van der Waals surface area (Å²) in [5.41, 5.74) is 2.93. The van der Waals surface area contributed by atoms with Crippen molar-refractivity contribution in [2.45, 2.75) is 82.4 Å². The molecule has 2 aliphatic rings. The lowest BCUT2D eigenvalue weighted by molar-refractivity contribution is -0.341. The van der Waals surface area contributed by atoms with Gasteiger partial charge in [0.1, 0.15) is 30.5 Å². The molecule has 0 bridgehead atoms. The Morgan fingerprint density at radius 1 is 0.690 bits per heavy atom. The van der Waals surface area contributed by atoms with Crippen LogP contribution in [0.3, 0.4) is 0 Å². The Morgan fingerprint density at radius 2 is 1.14 bits per heavy atom. The summed E-state index contributed by atoms with van der Waals surface area (Å²) in [6.45, 7) is 10.1. The molecule has 0 N–H and O–H groups in total. The van der Waals surface area contributed by atoms with Gasteiger partial charge in [0, 0.05) is 7.11 Å². The normalized spacial score (nSPS) is 28.9. The Kier molecular flexibility index (Phi) is 10.0. The van der Waals surface area contributed by atoms with Crippen molar-refractivity contribution < 1.29 is 38.3 Å². The molecule has 7 atom stereocenters. The first-order valence-electron chi connectivity index (χ1n) is 14.1. The molecule has 0 spiro atoms. The lowest BCUT2D eigenvalue weighted by Gasteiger charge is -2.47. The maximum absolute atomic E-state index is 12.5. The van der Waals surface area contributed by atoms with Gasteiger partial charge in [0.2, 0.25) is 0 Å². The second-order valence-electron chi connectivity index (χ2n) is 10.9. The molecule has 0 aliphatic carbocycles. The number of hydrogen-bond donors (Lipinski definition) is 0. The Bertz CT molecular complexity index is 1250. The minimum Gasteiger partial charge on any atom is -0.834 e. The average molecular weight is 575 g/mol. The van der Waals surface area contributed by atoms with E-state index in [2.05, 4.69) is 0 Å². The molecule has 3 aromatic carbocycles. The predicted molar refractivity (Wildman–Crippen MR) is 152 cm³/mol. The van der Waals surface area contributed by atoms with Crippen LogP contribution in [-0.2, 0) is 53.0 Å². The molecule has 2 heterocycles. The summed E-state index contributed by atoms with van der Waals surface area (Å²) in [4.78, 5) is 0. The Morgan fingerprint density at radius 3 is 1.60 bits per heavy atom. The van der Waals surface area contributed by atoms with E-state index >= 15 is 0 Å². The van der Waals surface area contributed by atoms with Crippen LogP contribution < -0.4 is 5.11 Å². The summed E-state index contributed by atoms with van der Waals surface area (Å²) < 4.78 is 44.2. The summed E-state index contributed by atoms with van der Waals surface area (Å²) in [6, 6.07) is 29.5. The standard InChI is InChI=1S/C34H38O8/c1-23(35)27-31(42-34(2,3)41-27)30-28(37-20-24-14-8-5-9-15-24)29(38-21-25-16-10-6-11-17-25)32(33(36-4)40-30)39-22-26-18-12-7-13-19-26/h1,5-19,27-33H,20-22H2,2-4H3/t27?,28-,29-,30-,31+,32+,33-/m0/s1. The van der Waals surface area contributed by atoms with Crippen molar-refractivity contribution >= 4 is 0 Å². The molecule has 222 valence electrons. The van der Waals surface area contributed by atoms with Gasteiger partial charge in [-0.15, -0.1) is 0 Å². The summed E-state index contributed by atoms with van der Waals surface area (Å²) in [5, 5.41) is 12.5. The number of benzene rings is 3. The Balaban J connectivity index is 1.50. The molecule has 0 aromatic heterocycles. The first kappa shape index (κ1) is 30.3. The van der Waals surface area contributed by atoms with Crippen LogP contribution in [0.25, 0.3) is 0 Å². The van der Waals surface area contributed by atoms with Crippen molar-refractivity contribution in [1.29, 1.82) is 0 Å². The van der Waals surface area contributed by atoms with E-state index in [9.17, 15) is 5.11 Å². The molecule has 0 radical (unpaired) electrons. The van der Waals surface area contributed by atoms with Crippen molar-refractivity contribution in [3.63, 3.8) is 0 Å². The molecule has 0 saturated carbocycles. The topological polar surface area (TPSA) is 87.7 Å². The van der Waals surface area contributed by atoms with E-state index in [1.165, 1.54) is 0 Å². The molecule has 1 unspecified atom stereocenters. The summed E-state index contributed by atoms with van der Waals surface area (Å²) in [5.74, 6) is -1.73. The van der Waals surface area contributed by atoms with Crippen LogP contribution >= 0.6 is 0 Å². The zero-order valence-corrected chi connectivity index (χ0v) is 24.2. The van der Waals surface area contributed by atoms with Crippen LogP contribution in [0.5, 0.6) is 0 Å². The summed E-state index contributed by atoms with van der Waals surface area (Å²) in [6.07, 6.45) is -5.76. The van der Waals surface area contributed by atoms with E-state index < -0.39 is 54.5 Å². The molecule has 2 aliphatic heterocycles. The van der Waals surface area contributed by atoms with Gasteiger partial charge in [0.05, 0.1) is 19.8 Å². The van der Waals surface area contributed by atoms with Crippen LogP contribution in [0.2, 0.25) is 0 Å². The van der Waals surface area contributed by atoms with Crippen LogP contribution in [0.1, 0.15) is 30.5 Å². The number of rotatable bonds is 12. The fraction of sp³-hybridized carbons (Fsp3) is 0.412. The maximum Gasteiger partial charge on any atom is 0.197 e. The smallest absolute Gasteiger partial charge is 0.197 e. The van der Waals surface area contributed by atoms with Crippen molar-refractivity contribution in [1.82, 2.24) is 0 Å². The second kappa shape index (κ2) is 13.9. The minimum absolute atomic E-state index is 0.262. The van der Waals surface area contributed by atoms with E-state index in [1.807, 2.05) is 91.0 Å². The van der Waals surface area contributed by atoms with E-state index in [0.717, 1.165) is 16.7 Å². The second-order valence-corrected chi connectivity index (χ2v) is 10.9. The van der Waals surface area contributed by atoms with Crippen molar-refractivity contribution in [3.05, 3.63) is 120 Å². The van der Waals surface area contributed by atoms with E-state index in [-0.39, 0.29) is 13.2 Å². The fourth-order valence-electron chi connectivity index (χ4n) is 5.39. The molecular formula is C34H38O8. The zero-order valence-electron chi connectivity index (χ0n) is 24.2. The maximum atomic E-state index is 12.5. The highest BCUT2D eigenvalue weighted by Gasteiger charge is 2.57. The third-order valence-corrected chi connectivity index (χ3v) is 7.35. The van der Waals surface area contributed by atoms with Crippen LogP contribution in [0.4, 0.5) is 0 Å². The molecular weight excluding hydrogens is 536 g/mol. The first-order chi connectivity index (χ1) is 20.3. The summed E-state index contributed by atoms with van der Waals surface area (Å²) in [7, 11) is 1.54. The van der Waals surface area contributed by atoms with Gasteiger partial charge in [-0.3, -0.25) is 0 Å². The van der Waals surface area contributed by atoms with Gasteiger partial charge in [-0.2, -0.15) is 0 Å². The average Bonchev–Trinajstić information content (AvgIpc) is 3.34. The lowest BCUT2D eigenvalue weighted by atomic mass is 9.91. The van der Waals surface area contributed by atoms with Crippen molar-refractivity contribution in [2.24, 2.45) is 0 Å². The summed E-state index contributed by atoms with van der Waals surface area (Å²) >= 11 is 0. The van der Waals surface area contributed by atoms with Crippen LogP contribution in [0, 0.1) is 6.58 Å². The Hall–Kier alpha value is -3.17. The van der Waals surface area contributed by atoms with Gasteiger partial charge in [-0.05, 0) is 30.5 Å². The Labute approximate surface area is 247 Å². The third kappa shape index (κ3) is 7.42. The van der Waals surface area contributed by atoms with Crippen LogP contribution in [-0.4, -0.2) is 55.8 Å². The number of hydrogen-bond acceptors (Lipinski definition) is 8. The molecule has 2 saturated heterocycles. The molecule has 5 rings (SSSR count).